The van der Waals surface area contributed by atoms with Crippen molar-refractivity contribution in [2.24, 2.45) is 0 Å². The number of nitrogens with one attached hydrogen (secondary N) is 1. The summed E-state index contributed by atoms with van der Waals surface area (Å²) < 4.78 is 38.0. The van der Waals surface area contributed by atoms with Gasteiger partial charge in [-0.15, -0.1) is 0 Å². The number of methoxy groups -OCH3 is 1. The Labute approximate surface area is 255 Å². The number of hydrogen-bond donors (Lipinski definition) is 1. The molecule has 10 heteroatoms. The zero-order valence-electron chi connectivity index (χ0n) is 25.7. The predicted molar refractivity (Wildman–Crippen MR) is 170 cm³/mol. The van der Waals surface area contributed by atoms with E-state index in [1.807, 2.05) is 75.4 Å². The molecule has 0 aliphatic rings. The molecule has 1 N–H and O–H groups in total. The van der Waals surface area contributed by atoms with Crippen LogP contribution in [0.2, 0.25) is 0 Å². The summed E-state index contributed by atoms with van der Waals surface area (Å²) in [5.41, 5.74) is 2.16. The van der Waals surface area contributed by atoms with Crippen LogP contribution in [0.25, 0.3) is 0 Å². The Bertz CT molecular complexity index is 1450. The number of rotatable bonds is 16. The van der Waals surface area contributed by atoms with Gasteiger partial charge < -0.3 is 19.7 Å². The lowest BCUT2D eigenvalue weighted by Crippen LogP contribution is -2.51. The van der Waals surface area contributed by atoms with Gasteiger partial charge in [-0.1, -0.05) is 54.6 Å². The van der Waals surface area contributed by atoms with E-state index in [1.165, 1.54) is 4.31 Å². The van der Waals surface area contributed by atoms with Crippen molar-refractivity contribution < 1.29 is 27.5 Å². The molecule has 0 bridgehead atoms. The van der Waals surface area contributed by atoms with Gasteiger partial charge in [-0.3, -0.25) is 13.9 Å². The first-order valence-electron chi connectivity index (χ1n) is 14.5. The number of amides is 2. The highest BCUT2D eigenvalue weighted by Gasteiger charge is 2.31. The first kappa shape index (κ1) is 33.5. The van der Waals surface area contributed by atoms with Crippen LogP contribution < -0.4 is 19.1 Å². The molecule has 3 aromatic carbocycles. The Morgan fingerprint density at radius 3 is 2.26 bits per heavy atom. The van der Waals surface area contributed by atoms with E-state index in [2.05, 4.69) is 5.32 Å². The van der Waals surface area contributed by atoms with Crippen LogP contribution in [0.1, 0.15) is 44.7 Å². The van der Waals surface area contributed by atoms with Gasteiger partial charge in [0.05, 0.1) is 25.7 Å². The Hall–Kier alpha value is -4.05. The maximum atomic E-state index is 14.0. The van der Waals surface area contributed by atoms with Crippen LogP contribution in [0.3, 0.4) is 0 Å². The number of carbonyl (C=O) groups excluding carboxylic acids is 2. The maximum absolute atomic E-state index is 14.0. The standard InChI is InChI=1S/C33H43N3O6S/c1-6-42-31-19-11-10-18-29(31)36(43(5,39)40)21-13-20-32(37)35(24-27-16-12-17-28(22-27)41-4)30(33(38)34-25(2)3)23-26-14-8-7-9-15-26/h7-12,14-19,22,25,30H,6,13,20-21,23-24H2,1-5H3,(H,34,38)/t30-/m0/s1. The molecule has 0 spiro atoms. The Kier molecular flexibility index (Phi) is 12.4. The van der Waals surface area contributed by atoms with E-state index in [-0.39, 0.29) is 43.8 Å². The highest BCUT2D eigenvalue weighted by Crippen LogP contribution is 2.30. The molecule has 0 aliphatic carbocycles. The van der Waals surface area contributed by atoms with Gasteiger partial charge in [-0.25, -0.2) is 8.42 Å². The minimum absolute atomic E-state index is 0.0348. The highest BCUT2D eigenvalue weighted by molar-refractivity contribution is 7.92. The zero-order valence-corrected chi connectivity index (χ0v) is 26.5. The molecule has 0 aliphatic heterocycles. The summed E-state index contributed by atoms with van der Waals surface area (Å²) in [6.45, 7) is 6.23. The Morgan fingerprint density at radius 2 is 1.60 bits per heavy atom. The van der Waals surface area contributed by atoms with Crippen LogP contribution in [0, 0.1) is 0 Å². The number of anilines is 1. The fourth-order valence-corrected chi connectivity index (χ4v) is 5.79. The van der Waals surface area contributed by atoms with Gasteiger partial charge in [0.15, 0.2) is 0 Å². The van der Waals surface area contributed by atoms with E-state index in [0.717, 1.165) is 17.4 Å². The third kappa shape index (κ3) is 10.0. The molecule has 9 nitrogen and oxygen atoms in total. The maximum Gasteiger partial charge on any atom is 0.243 e. The van der Waals surface area contributed by atoms with Crippen molar-refractivity contribution in [2.75, 3.05) is 30.8 Å². The zero-order chi connectivity index (χ0) is 31.4. The van der Waals surface area contributed by atoms with Gasteiger partial charge in [-0.05, 0) is 62.6 Å². The summed E-state index contributed by atoms with van der Waals surface area (Å²) >= 11 is 0. The quantitative estimate of drug-likeness (QED) is 0.250. The average molecular weight is 610 g/mol. The summed E-state index contributed by atoms with van der Waals surface area (Å²) in [6, 6.07) is 23.0. The van der Waals surface area contributed by atoms with Crippen LogP contribution in [0.5, 0.6) is 11.5 Å². The van der Waals surface area contributed by atoms with Gasteiger partial charge in [0, 0.05) is 32.0 Å². The summed E-state index contributed by atoms with van der Waals surface area (Å²) in [5, 5.41) is 2.98. The van der Waals surface area contributed by atoms with Crippen LogP contribution >= 0.6 is 0 Å². The number of ether oxygens (including phenoxy) is 2. The minimum Gasteiger partial charge on any atom is -0.497 e. The van der Waals surface area contributed by atoms with Crippen molar-refractivity contribution >= 4 is 27.5 Å². The van der Waals surface area contributed by atoms with E-state index >= 15 is 0 Å². The Morgan fingerprint density at radius 1 is 0.930 bits per heavy atom. The van der Waals surface area contributed by atoms with Gasteiger partial charge in [0.1, 0.15) is 17.5 Å². The summed E-state index contributed by atoms with van der Waals surface area (Å²) in [5.74, 6) is 0.593. The summed E-state index contributed by atoms with van der Waals surface area (Å²) in [7, 11) is -2.09. The number of nitrogens with zero attached hydrogens (tertiary/aromatic N) is 2. The van der Waals surface area contributed by atoms with Crippen molar-refractivity contribution in [3.63, 3.8) is 0 Å². The van der Waals surface area contributed by atoms with Crippen LogP contribution in [-0.2, 0) is 32.6 Å². The molecule has 232 valence electrons. The lowest BCUT2D eigenvalue weighted by molar-refractivity contribution is -0.141. The molecule has 2 amide bonds. The average Bonchev–Trinajstić information content (AvgIpc) is 2.97. The second-order valence-electron chi connectivity index (χ2n) is 10.6. The monoisotopic (exact) mass is 609 g/mol. The molecule has 43 heavy (non-hydrogen) atoms. The smallest absolute Gasteiger partial charge is 0.243 e. The number of carbonyl (C=O) groups is 2. The largest absolute Gasteiger partial charge is 0.497 e. The first-order valence-corrected chi connectivity index (χ1v) is 16.3. The van der Waals surface area contributed by atoms with E-state index < -0.39 is 16.1 Å². The molecule has 1 atom stereocenters. The molecular formula is C33H43N3O6S. The third-order valence-electron chi connectivity index (χ3n) is 6.78. The molecule has 0 fully saturated rings. The fourth-order valence-electron chi connectivity index (χ4n) is 4.83. The lowest BCUT2D eigenvalue weighted by Gasteiger charge is -2.32. The molecular weight excluding hydrogens is 566 g/mol. The minimum atomic E-state index is -3.67. The van der Waals surface area contributed by atoms with Crippen molar-refractivity contribution in [1.82, 2.24) is 10.2 Å². The fraction of sp³-hybridized carbons (Fsp3) is 0.394. The first-order chi connectivity index (χ1) is 20.5. The van der Waals surface area contributed by atoms with E-state index in [1.54, 1.807) is 36.3 Å². The lowest BCUT2D eigenvalue weighted by atomic mass is 10.0. The van der Waals surface area contributed by atoms with Crippen molar-refractivity contribution in [2.45, 2.75) is 58.7 Å². The summed E-state index contributed by atoms with van der Waals surface area (Å²) in [6.07, 6.45) is 1.74. The number of benzene rings is 3. The second kappa shape index (κ2) is 16.0. The molecule has 3 aromatic rings. The molecule has 0 saturated heterocycles. The van der Waals surface area contributed by atoms with Gasteiger partial charge in [0.2, 0.25) is 21.8 Å². The van der Waals surface area contributed by atoms with Crippen molar-refractivity contribution in [3.05, 3.63) is 90.0 Å². The number of para-hydroxylation sites is 2. The number of sulfonamides is 1. The van der Waals surface area contributed by atoms with Crippen LogP contribution in [0.15, 0.2) is 78.9 Å². The molecule has 0 heterocycles. The van der Waals surface area contributed by atoms with E-state index in [4.69, 9.17) is 9.47 Å². The Balaban J connectivity index is 1.91. The normalized spacial score (nSPS) is 12.0. The second-order valence-corrected chi connectivity index (χ2v) is 12.5. The van der Waals surface area contributed by atoms with E-state index in [0.29, 0.717) is 30.2 Å². The summed E-state index contributed by atoms with van der Waals surface area (Å²) in [4.78, 5) is 29.2. The van der Waals surface area contributed by atoms with E-state index in [9.17, 15) is 18.0 Å². The highest BCUT2D eigenvalue weighted by atomic mass is 32.2. The van der Waals surface area contributed by atoms with Crippen molar-refractivity contribution in [3.8, 4) is 11.5 Å². The predicted octanol–water partition coefficient (Wildman–Crippen LogP) is 4.80. The number of hydrogen-bond acceptors (Lipinski definition) is 6. The third-order valence-corrected chi connectivity index (χ3v) is 7.95. The SMILES string of the molecule is CCOc1ccccc1N(CCCC(=O)N(Cc1cccc(OC)c1)[C@@H](Cc1ccccc1)C(=O)NC(C)C)S(C)(=O)=O. The molecule has 0 aromatic heterocycles. The topological polar surface area (TPSA) is 105 Å². The molecule has 0 saturated carbocycles. The molecule has 3 rings (SSSR count). The molecule has 0 unspecified atom stereocenters. The van der Waals surface area contributed by atoms with Crippen LogP contribution in [-0.4, -0.2) is 63.7 Å². The van der Waals surface area contributed by atoms with Gasteiger partial charge in [-0.2, -0.15) is 0 Å². The van der Waals surface area contributed by atoms with Crippen molar-refractivity contribution in [1.29, 1.82) is 0 Å². The van der Waals surface area contributed by atoms with Gasteiger partial charge in [0.25, 0.3) is 0 Å². The van der Waals surface area contributed by atoms with Gasteiger partial charge >= 0.3 is 0 Å². The van der Waals surface area contributed by atoms with Crippen LogP contribution in [0.4, 0.5) is 5.69 Å². The molecule has 0 radical (unpaired) electrons.